The standard InChI is InChI=1S/C20H24N6/c21-13-25-11-15-8-9-16(12-25)18(15)22-20-23-19-17(7-4-10-26(19)24-20)14-5-2-1-3-6-14/h1-3,5-6,15-18H,4,7-12H2,(H,22,24)/t15-,16+,17?,18?. The smallest absolute Gasteiger partial charge is 0.242 e. The average Bonchev–Trinajstić information content (AvgIpc) is 3.19. The second-order valence-electron chi connectivity index (χ2n) is 7.89. The summed E-state index contributed by atoms with van der Waals surface area (Å²) in [6.45, 7) is 2.68. The lowest BCUT2D eigenvalue weighted by Crippen LogP contribution is -2.46. The van der Waals surface area contributed by atoms with Gasteiger partial charge in [0.1, 0.15) is 5.82 Å². The molecular weight excluding hydrogens is 324 g/mol. The molecule has 1 saturated heterocycles. The number of fused-ring (bicyclic) bond motifs is 3. The highest BCUT2D eigenvalue weighted by atomic mass is 15.4. The van der Waals surface area contributed by atoms with Gasteiger partial charge in [-0.25, -0.2) is 4.68 Å². The van der Waals surface area contributed by atoms with Gasteiger partial charge in [0.25, 0.3) is 0 Å². The van der Waals surface area contributed by atoms with Crippen LogP contribution in [0.5, 0.6) is 0 Å². The van der Waals surface area contributed by atoms with Crippen LogP contribution in [0.2, 0.25) is 0 Å². The summed E-state index contributed by atoms with van der Waals surface area (Å²) < 4.78 is 2.09. The molecule has 2 aliphatic heterocycles. The van der Waals surface area contributed by atoms with Crippen LogP contribution in [0.15, 0.2) is 30.3 Å². The molecule has 2 unspecified atom stereocenters. The van der Waals surface area contributed by atoms with Crippen molar-refractivity contribution in [2.45, 2.75) is 44.2 Å². The maximum atomic E-state index is 9.21. The molecule has 1 saturated carbocycles. The monoisotopic (exact) mass is 348 g/mol. The number of aromatic nitrogens is 3. The van der Waals surface area contributed by atoms with Gasteiger partial charge in [-0.1, -0.05) is 30.3 Å². The van der Waals surface area contributed by atoms with E-state index in [4.69, 9.17) is 10.1 Å². The first-order chi connectivity index (χ1) is 12.8. The first kappa shape index (κ1) is 15.7. The molecule has 1 aromatic carbocycles. The van der Waals surface area contributed by atoms with Crippen molar-refractivity contribution >= 4 is 5.95 Å². The van der Waals surface area contributed by atoms with Crippen LogP contribution >= 0.6 is 0 Å². The number of nitrogens with one attached hydrogen (secondary N) is 1. The minimum atomic E-state index is 0.338. The number of hydrogen-bond donors (Lipinski definition) is 1. The van der Waals surface area contributed by atoms with Crippen molar-refractivity contribution in [2.75, 3.05) is 18.4 Å². The molecule has 3 aliphatic rings. The highest BCUT2D eigenvalue weighted by Gasteiger charge is 2.42. The fraction of sp³-hybridized carbons (Fsp3) is 0.550. The molecule has 5 rings (SSSR count). The van der Waals surface area contributed by atoms with Crippen molar-refractivity contribution in [3.8, 4) is 6.19 Å². The van der Waals surface area contributed by atoms with Gasteiger partial charge in [0.15, 0.2) is 6.19 Å². The third kappa shape index (κ3) is 2.63. The van der Waals surface area contributed by atoms with E-state index in [0.29, 0.717) is 23.8 Å². The molecule has 26 heavy (non-hydrogen) atoms. The topological polar surface area (TPSA) is 69.8 Å². The zero-order valence-electron chi connectivity index (χ0n) is 14.9. The van der Waals surface area contributed by atoms with Gasteiger partial charge < -0.3 is 10.2 Å². The summed E-state index contributed by atoms with van der Waals surface area (Å²) in [6.07, 6.45) is 6.99. The maximum Gasteiger partial charge on any atom is 0.242 e. The van der Waals surface area contributed by atoms with Crippen LogP contribution in [0.25, 0.3) is 0 Å². The second kappa shape index (κ2) is 6.31. The van der Waals surface area contributed by atoms with Crippen molar-refractivity contribution in [1.82, 2.24) is 19.7 Å². The van der Waals surface area contributed by atoms with E-state index in [-0.39, 0.29) is 0 Å². The Morgan fingerprint density at radius 3 is 2.58 bits per heavy atom. The van der Waals surface area contributed by atoms with Gasteiger partial charge in [0.2, 0.25) is 5.95 Å². The molecule has 6 heteroatoms. The van der Waals surface area contributed by atoms with Gasteiger partial charge in [-0.2, -0.15) is 10.2 Å². The predicted molar refractivity (Wildman–Crippen MR) is 98.4 cm³/mol. The van der Waals surface area contributed by atoms with E-state index >= 15 is 0 Å². The zero-order chi connectivity index (χ0) is 17.5. The number of anilines is 1. The molecule has 0 amide bonds. The van der Waals surface area contributed by atoms with Crippen LogP contribution in [-0.2, 0) is 6.54 Å². The van der Waals surface area contributed by atoms with Gasteiger partial charge in [-0.05, 0) is 43.1 Å². The Labute approximate surface area is 153 Å². The molecule has 2 fully saturated rings. The summed E-state index contributed by atoms with van der Waals surface area (Å²) >= 11 is 0. The number of hydrogen-bond acceptors (Lipinski definition) is 5. The first-order valence-corrected chi connectivity index (χ1v) is 9.72. The summed E-state index contributed by atoms with van der Waals surface area (Å²) in [7, 11) is 0. The molecule has 1 aromatic heterocycles. The summed E-state index contributed by atoms with van der Waals surface area (Å²) in [5.41, 5.74) is 1.33. The van der Waals surface area contributed by atoms with Crippen LogP contribution in [0.4, 0.5) is 5.95 Å². The van der Waals surface area contributed by atoms with Crippen LogP contribution in [-0.4, -0.2) is 38.8 Å². The van der Waals surface area contributed by atoms with Crippen molar-refractivity contribution < 1.29 is 0 Å². The number of nitrogens with zero attached hydrogens (tertiary/aromatic N) is 5. The minimum Gasteiger partial charge on any atom is -0.350 e. The Kier molecular flexibility index (Phi) is 3.81. The molecule has 0 radical (unpaired) electrons. The highest BCUT2D eigenvalue weighted by molar-refractivity contribution is 5.33. The Balaban J connectivity index is 1.38. The largest absolute Gasteiger partial charge is 0.350 e. The minimum absolute atomic E-state index is 0.338. The molecular formula is C20H24N6. The number of aryl methyl sites for hydroxylation is 1. The van der Waals surface area contributed by atoms with Gasteiger partial charge in [0.05, 0.1) is 0 Å². The highest BCUT2D eigenvalue weighted by Crippen LogP contribution is 2.39. The average molecular weight is 348 g/mol. The molecule has 4 atom stereocenters. The number of benzene rings is 1. The van der Waals surface area contributed by atoms with E-state index in [1.54, 1.807) is 0 Å². The molecule has 1 aliphatic carbocycles. The Morgan fingerprint density at radius 2 is 1.85 bits per heavy atom. The molecule has 2 aromatic rings. The van der Waals surface area contributed by atoms with E-state index in [2.05, 4.69) is 46.5 Å². The number of piperidine rings is 1. The number of likely N-dealkylation sites (tertiary alicyclic amines) is 1. The first-order valence-electron chi connectivity index (χ1n) is 9.72. The van der Waals surface area contributed by atoms with Crippen LogP contribution in [0.1, 0.15) is 43.0 Å². The van der Waals surface area contributed by atoms with E-state index in [9.17, 15) is 5.26 Å². The van der Waals surface area contributed by atoms with Crippen LogP contribution < -0.4 is 5.32 Å². The quantitative estimate of drug-likeness (QED) is 0.864. The third-order valence-corrected chi connectivity index (χ3v) is 6.35. The van der Waals surface area contributed by atoms with Crippen molar-refractivity contribution in [3.05, 3.63) is 41.7 Å². The summed E-state index contributed by atoms with van der Waals surface area (Å²) in [4.78, 5) is 6.81. The third-order valence-electron chi connectivity index (χ3n) is 6.35. The van der Waals surface area contributed by atoms with E-state index in [0.717, 1.165) is 44.2 Å². The molecule has 2 bridgehead atoms. The number of rotatable bonds is 3. The lowest BCUT2D eigenvalue weighted by atomic mass is 9.91. The molecule has 1 N–H and O–H groups in total. The van der Waals surface area contributed by atoms with Crippen molar-refractivity contribution in [2.24, 2.45) is 11.8 Å². The normalized spacial score (nSPS) is 29.9. The van der Waals surface area contributed by atoms with Gasteiger partial charge >= 0.3 is 0 Å². The lowest BCUT2D eigenvalue weighted by Gasteiger charge is -2.35. The lowest BCUT2D eigenvalue weighted by molar-refractivity contribution is 0.217. The predicted octanol–water partition coefficient (Wildman–Crippen LogP) is 2.81. The maximum absolute atomic E-state index is 9.21. The Bertz CT molecular complexity index is 809. The van der Waals surface area contributed by atoms with Gasteiger partial charge in [0, 0.05) is 31.6 Å². The molecule has 3 heterocycles. The number of nitriles is 1. The van der Waals surface area contributed by atoms with Crippen molar-refractivity contribution in [1.29, 1.82) is 5.26 Å². The summed E-state index contributed by atoms with van der Waals surface area (Å²) in [5, 5.41) is 17.6. The van der Waals surface area contributed by atoms with Crippen LogP contribution in [0, 0.1) is 23.3 Å². The van der Waals surface area contributed by atoms with Gasteiger partial charge in [-0.3, -0.25) is 0 Å². The fourth-order valence-corrected chi connectivity index (χ4v) is 5.10. The SMILES string of the molecule is N#CN1C[C@H]2CC[C@@H](C1)C2Nc1nc2n(n1)CCCC2c1ccccc1. The Morgan fingerprint density at radius 1 is 1.08 bits per heavy atom. The second-order valence-corrected chi connectivity index (χ2v) is 7.89. The zero-order valence-corrected chi connectivity index (χ0v) is 14.9. The molecule has 0 spiro atoms. The summed E-state index contributed by atoms with van der Waals surface area (Å²) in [5.74, 6) is 3.25. The van der Waals surface area contributed by atoms with Crippen molar-refractivity contribution in [3.63, 3.8) is 0 Å². The molecule has 6 nitrogen and oxygen atoms in total. The van der Waals surface area contributed by atoms with E-state index < -0.39 is 0 Å². The van der Waals surface area contributed by atoms with Crippen LogP contribution in [0.3, 0.4) is 0 Å². The fourth-order valence-electron chi connectivity index (χ4n) is 5.10. The van der Waals surface area contributed by atoms with E-state index in [1.807, 2.05) is 4.90 Å². The van der Waals surface area contributed by atoms with E-state index in [1.165, 1.54) is 18.4 Å². The summed E-state index contributed by atoms with van der Waals surface area (Å²) in [6, 6.07) is 11.1. The Hall–Kier alpha value is -2.55. The van der Waals surface area contributed by atoms with Gasteiger partial charge in [-0.15, -0.1) is 5.10 Å². The molecule has 134 valence electrons.